The molecule has 0 unspecified atom stereocenters. The quantitative estimate of drug-likeness (QED) is 0.583. The Morgan fingerprint density at radius 3 is 2.70 bits per heavy atom. The van der Waals surface area contributed by atoms with Crippen LogP contribution in [0.5, 0.6) is 0 Å². The van der Waals surface area contributed by atoms with Gasteiger partial charge in [0, 0.05) is 34.1 Å². The van der Waals surface area contributed by atoms with Crippen LogP contribution in [0.1, 0.15) is 47.8 Å². The monoisotopic (exact) mass is 429 g/mol. The molecule has 160 valence electrons. The first kappa shape index (κ1) is 20.2. The molecular weight excluding hydrogens is 400 g/mol. The number of aromatic amines is 1. The largest absolute Gasteiger partial charge is 0.357 e. The van der Waals surface area contributed by atoms with Gasteiger partial charge in [-0.2, -0.15) is 0 Å². The number of nitrogens with zero attached hydrogens (tertiary/aromatic N) is 1. The fourth-order valence-electron chi connectivity index (χ4n) is 4.97. The summed E-state index contributed by atoms with van der Waals surface area (Å²) in [5.74, 6) is 0.429. The topological polar surface area (TPSA) is 31.1 Å². The molecule has 2 aliphatic heterocycles. The molecular formula is C24H29F2N3S. The molecule has 4 heterocycles. The number of thiophene rings is 1. The number of benzene rings is 1. The van der Waals surface area contributed by atoms with Gasteiger partial charge >= 0.3 is 0 Å². The number of hydrogen-bond donors (Lipinski definition) is 2. The average Bonchev–Trinajstić information content (AvgIpc) is 3.18. The molecule has 30 heavy (non-hydrogen) atoms. The molecule has 2 aromatic heterocycles. The van der Waals surface area contributed by atoms with Crippen LogP contribution in [0, 0.1) is 11.7 Å². The van der Waals surface area contributed by atoms with Gasteiger partial charge in [0.1, 0.15) is 11.5 Å². The summed E-state index contributed by atoms with van der Waals surface area (Å²) >= 11 is 1.56. The van der Waals surface area contributed by atoms with Crippen molar-refractivity contribution in [1.82, 2.24) is 15.2 Å². The molecule has 0 spiro atoms. The van der Waals surface area contributed by atoms with Gasteiger partial charge in [0.05, 0.1) is 10.9 Å². The van der Waals surface area contributed by atoms with Crippen LogP contribution in [0.25, 0.3) is 10.9 Å². The minimum Gasteiger partial charge on any atom is -0.357 e. The molecule has 1 aromatic carbocycles. The Balaban J connectivity index is 1.62. The first-order valence-corrected chi connectivity index (χ1v) is 11.6. The van der Waals surface area contributed by atoms with Crippen molar-refractivity contribution in [2.24, 2.45) is 5.92 Å². The summed E-state index contributed by atoms with van der Waals surface area (Å²) in [6.45, 7) is 7.63. The van der Waals surface area contributed by atoms with Crippen molar-refractivity contribution < 1.29 is 8.78 Å². The molecule has 1 fully saturated rings. The maximum atomic E-state index is 15.3. The van der Waals surface area contributed by atoms with E-state index in [9.17, 15) is 4.39 Å². The van der Waals surface area contributed by atoms with Gasteiger partial charge in [-0.25, -0.2) is 8.78 Å². The van der Waals surface area contributed by atoms with Crippen molar-refractivity contribution in [3.05, 3.63) is 57.2 Å². The van der Waals surface area contributed by atoms with Gasteiger partial charge in [-0.15, -0.1) is 11.3 Å². The summed E-state index contributed by atoms with van der Waals surface area (Å²) in [4.78, 5) is 7.52. The maximum absolute atomic E-state index is 15.3. The van der Waals surface area contributed by atoms with Crippen LogP contribution in [0.3, 0.4) is 0 Å². The molecule has 0 radical (unpaired) electrons. The van der Waals surface area contributed by atoms with E-state index in [0.717, 1.165) is 42.0 Å². The first-order chi connectivity index (χ1) is 14.3. The summed E-state index contributed by atoms with van der Waals surface area (Å²) in [6.07, 6.45) is 1.74. The zero-order valence-electron chi connectivity index (χ0n) is 17.8. The van der Waals surface area contributed by atoms with E-state index in [0.29, 0.717) is 10.8 Å². The lowest BCUT2D eigenvalue weighted by Gasteiger charge is -2.42. The van der Waals surface area contributed by atoms with Crippen LogP contribution >= 0.6 is 11.3 Å². The van der Waals surface area contributed by atoms with Crippen LogP contribution in [0.4, 0.5) is 8.78 Å². The number of halogens is 2. The minimum absolute atomic E-state index is 0.123. The fraction of sp³-hybridized carbons (Fsp3) is 0.500. The summed E-state index contributed by atoms with van der Waals surface area (Å²) < 4.78 is 30.1. The molecule has 6 heteroatoms. The highest BCUT2D eigenvalue weighted by atomic mass is 32.1. The molecule has 0 amide bonds. The Kier molecular flexibility index (Phi) is 4.99. The highest BCUT2D eigenvalue weighted by Gasteiger charge is 2.40. The van der Waals surface area contributed by atoms with E-state index in [1.54, 1.807) is 31.3 Å². The Bertz CT molecular complexity index is 1060. The summed E-state index contributed by atoms with van der Waals surface area (Å²) in [6, 6.07) is 9.80. The number of fused-ring (bicyclic) bond motifs is 3. The smallest absolute Gasteiger partial charge is 0.139 e. The molecule has 1 saturated heterocycles. The Labute approximate surface area is 180 Å². The molecule has 2 aliphatic rings. The van der Waals surface area contributed by atoms with E-state index in [1.807, 2.05) is 12.1 Å². The number of para-hydroxylation sites is 1. The molecule has 2 atom stereocenters. The Morgan fingerprint density at radius 2 is 2.00 bits per heavy atom. The van der Waals surface area contributed by atoms with Crippen LogP contribution < -0.4 is 5.32 Å². The number of alkyl halides is 1. The number of nitrogens with one attached hydrogen (secondary N) is 2. The first-order valence-electron chi connectivity index (χ1n) is 10.8. The fourth-order valence-corrected chi connectivity index (χ4v) is 6.25. The summed E-state index contributed by atoms with van der Waals surface area (Å²) in [7, 11) is 0. The molecule has 5 rings (SSSR count). The molecule has 0 aliphatic carbocycles. The SMILES string of the molecule is C[C@@H]1Cc2c([nH]c3ccccc23)[C@@H](c2sc(CC3CNC3)cc2F)N1CC(C)(C)F. The summed E-state index contributed by atoms with van der Waals surface area (Å²) in [5, 5.41) is 4.48. The molecule has 3 nitrogen and oxygen atoms in total. The maximum Gasteiger partial charge on any atom is 0.139 e. The second-order valence-electron chi connectivity index (χ2n) is 9.56. The average molecular weight is 430 g/mol. The van der Waals surface area contributed by atoms with E-state index in [4.69, 9.17) is 0 Å². The second kappa shape index (κ2) is 7.43. The third kappa shape index (κ3) is 3.59. The second-order valence-corrected chi connectivity index (χ2v) is 10.7. The lowest BCUT2D eigenvalue weighted by Crippen LogP contribution is -2.47. The van der Waals surface area contributed by atoms with Gasteiger partial charge in [-0.05, 0) is 70.3 Å². The van der Waals surface area contributed by atoms with E-state index < -0.39 is 5.67 Å². The molecule has 2 N–H and O–H groups in total. The number of aromatic nitrogens is 1. The number of hydrogen-bond acceptors (Lipinski definition) is 3. The molecule has 0 bridgehead atoms. The normalized spacial score (nSPS) is 23.0. The summed E-state index contributed by atoms with van der Waals surface area (Å²) in [5.41, 5.74) is 1.98. The minimum atomic E-state index is -1.36. The van der Waals surface area contributed by atoms with Gasteiger partial charge in [0.25, 0.3) is 0 Å². The van der Waals surface area contributed by atoms with Gasteiger partial charge in [-0.1, -0.05) is 18.2 Å². The van der Waals surface area contributed by atoms with Crippen molar-refractivity contribution in [3.8, 4) is 0 Å². The highest BCUT2D eigenvalue weighted by molar-refractivity contribution is 7.12. The van der Waals surface area contributed by atoms with E-state index in [1.165, 1.54) is 10.9 Å². The lowest BCUT2D eigenvalue weighted by atomic mass is 9.90. The van der Waals surface area contributed by atoms with Crippen molar-refractivity contribution in [2.45, 2.75) is 51.4 Å². The zero-order chi connectivity index (χ0) is 21.0. The Morgan fingerprint density at radius 1 is 1.23 bits per heavy atom. The third-order valence-corrected chi connectivity index (χ3v) is 7.63. The number of rotatable bonds is 5. The van der Waals surface area contributed by atoms with Crippen LogP contribution in [-0.2, 0) is 12.8 Å². The predicted molar refractivity (Wildman–Crippen MR) is 120 cm³/mol. The van der Waals surface area contributed by atoms with Gasteiger partial charge in [0.15, 0.2) is 0 Å². The van der Waals surface area contributed by atoms with E-state index >= 15 is 4.39 Å². The zero-order valence-corrected chi connectivity index (χ0v) is 18.6. The van der Waals surface area contributed by atoms with Crippen LogP contribution in [0.15, 0.2) is 30.3 Å². The number of H-pyrrole nitrogens is 1. The molecule has 3 aromatic rings. The standard InChI is InChI=1S/C24H29F2N3S/c1-14-8-18-17-6-4-5-7-20(17)28-21(18)22(29(14)13-24(2,3)26)23-19(25)10-16(30-23)9-15-11-27-12-15/h4-7,10,14-15,22,27-28H,8-9,11-13H2,1-3H3/t14-,22+/m1/s1. The van der Waals surface area contributed by atoms with Crippen molar-refractivity contribution in [3.63, 3.8) is 0 Å². The van der Waals surface area contributed by atoms with Gasteiger partial charge < -0.3 is 10.3 Å². The highest BCUT2D eigenvalue weighted by Crippen LogP contribution is 2.44. The Hall–Kier alpha value is -1.76. The van der Waals surface area contributed by atoms with Gasteiger partial charge in [0.2, 0.25) is 0 Å². The van der Waals surface area contributed by atoms with Crippen LogP contribution in [-0.4, -0.2) is 41.2 Å². The predicted octanol–water partition coefficient (Wildman–Crippen LogP) is 5.21. The van der Waals surface area contributed by atoms with Crippen molar-refractivity contribution in [1.29, 1.82) is 0 Å². The molecule has 0 saturated carbocycles. The van der Waals surface area contributed by atoms with Crippen LogP contribution in [0.2, 0.25) is 0 Å². The third-order valence-electron chi connectivity index (χ3n) is 6.44. The lowest BCUT2D eigenvalue weighted by molar-refractivity contribution is 0.0668. The van der Waals surface area contributed by atoms with Gasteiger partial charge in [-0.3, -0.25) is 4.90 Å². The van der Waals surface area contributed by atoms with Crippen molar-refractivity contribution in [2.75, 3.05) is 19.6 Å². The van der Waals surface area contributed by atoms with E-state index in [2.05, 4.69) is 34.3 Å². The van der Waals surface area contributed by atoms with E-state index in [-0.39, 0.29) is 24.4 Å². The van der Waals surface area contributed by atoms with Crippen molar-refractivity contribution >= 4 is 22.2 Å².